The Balaban J connectivity index is 1.93. The summed E-state index contributed by atoms with van der Waals surface area (Å²) in [6.45, 7) is 1.83. The van der Waals surface area contributed by atoms with E-state index in [-0.39, 0.29) is 28.1 Å². The van der Waals surface area contributed by atoms with Crippen molar-refractivity contribution >= 4 is 35.0 Å². The Labute approximate surface area is 137 Å². The molecular formula is C15H14Cl2N2O3. The molecule has 1 unspecified atom stereocenters. The highest BCUT2D eigenvalue weighted by atomic mass is 35.5. The molecule has 0 bridgehead atoms. The van der Waals surface area contributed by atoms with Gasteiger partial charge < -0.3 is 15.1 Å². The molecule has 0 radical (unpaired) electrons. The van der Waals surface area contributed by atoms with Crippen molar-refractivity contribution in [1.29, 1.82) is 0 Å². The Kier molecular flexibility index (Phi) is 5.46. The molecule has 1 atom stereocenters. The van der Waals surface area contributed by atoms with Crippen molar-refractivity contribution in [2.24, 2.45) is 0 Å². The third-order valence-electron chi connectivity index (χ3n) is 2.95. The van der Waals surface area contributed by atoms with Crippen molar-refractivity contribution in [3.05, 3.63) is 58.0 Å². The summed E-state index contributed by atoms with van der Waals surface area (Å²) in [5.74, 6) is -0.166. The van der Waals surface area contributed by atoms with Crippen molar-refractivity contribution in [1.82, 2.24) is 10.6 Å². The number of carbonyl (C=O) groups excluding carboxylic acids is 2. The maximum Gasteiger partial charge on any atom is 0.253 e. The van der Waals surface area contributed by atoms with Gasteiger partial charge in [0.2, 0.25) is 5.91 Å². The van der Waals surface area contributed by atoms with Crippen LogP contribution in [0.1, 0.15) is 23.0 Å². The second kappa shape index (κ2) is 7.33. The molecule has 0 spiro atoms. The standard InChI is InChI=1S/C15H14Cl2N2O3/c1-9(14(20)18-8-10-4-3-7-22-10)19-15(21)11-5-2-6-12(16)13(11)17/h2-7,9H,8H2,1H3,(H,18,20)(H,19,21). The first-order valence-corrected chi connectivity index (χ1v) is 7.29. The van der Waals surface area contributed by atoms with Gasteiger partial charge in [-0.15, -0.1) is 0 Å². The van der Waals surface area contributed by atoms with Gasteiger partial charge >= 0.3 is 0 Å². The number of furan rings is 1. The third-order valence-corrected chi connectivity index (χ3v) is 3.77. The first-order chi connectivity index (χ1) is 10.5. The van der Waals surface area contributed by atoms with Gasteiger partial charge in [0, 0.05) is 0 Å². The normalized spacial score (nSPS) is 11.8. The van der Waals surface area contributed by atoms with Crippen LogP contribution in [0.15, 0.2) is 41.0 Å². The molecule has 2 N–H and O–H groups in total. The fourth-order valence-electron chi connectivity index (χ4n) is 1.76. The zero-order valence-electron chi connectivity index (χ0n) is 11.7. The Morgan fingerprint density at radius 3 is 2.68 bits per heavy atom. The highest BCUT2D eigenvalue weighted by Gasteiger charge is 2.19. The van der Waals surface area contributed by atoms with Crippen LogP contribution in [-0.2, 0) is 11.3 Å². The largest absolute Gasteiger partial charge is 0.467 e. The van der Waals surface area contributed by atoms with Crippen LogP contribution in [0, 0.1) is 0 Å². The molecule has 5 nitrogen and oxygen atoms in total. The minimum Gasteiger partial charge on any atom is -0.467 e. The number of carbonyl (C=O) groups is 2. The fraction of sp³-hybridized carbons (Fsp3) is 0.200. The summed E-state index contributed by atoms with van der Waals surface area (Å²) in [6.07, 6.45) is 1.52. The number of halogens is 2. The molecule has 0 aliphatic heterocycles. The summed E-state index contributed by atoms with van der Waals surface area (Å²) >= 11 is 11.8. The Morgan fingerprint density at radius 1 is 1.23 bits per heavy atom. The van der Waals surface area contributed by atoms with Crippen molar-refractivity contribution in [2.75, 3.05) is 0 Å². The van der Waals surface area contributed by atoms with Gasteiger partial charge in [-0.05, 0) is 31.2 Å². The summed E-state index contributed by atoms with van der Waals surface area (Å²) in [5, 5.41) is 5.67. The topological polar surface area (TPSA) is 71.3 Å². The van der Waals surface area contributed by atoms with Crippen LogP contribution in [0.25, 0.3) is 0 Å². The number of rotatable bonds is 5. The summed E-state index contributed by atoms with van der Waals surface area (Å²) < 4.78 is 5.11. The van der Waals surface area contributed by atoms with Crippen LogP contribution < -0.4 is 10.6 Å². The van der Waals surface area contributed by atoms with Crippen LogP contribution in [0.4, 0.5) is 0 Å². The molecule has 0 aliphatic carbocycles. The van der Waals surface area contributed by atoms with Crippen molar-refractivity contribution in [2.45, 2.75) is 19.5 Å². The second-order valence-electron chi connectivity index (χ2n) is 4.59. The number of hydrogen-bond donors (Lipinski definition) is 2. The Morgan fingerprint density at radius 2 is 2.00 bits per heavy atom. The van der Waals surface area contributed by atoms with E-state index in [1.165, 1.54) is 12.3 Å². The zero-order chi connectivity index (χ0) is 16.1. The minimum atomic E-state index is -0.725. The quantitative estimate of drug-likeness (QED) is 0.878. The molecule has 2 aromatic rings. The molecular weight excluding hydrogens is 327 g/mol. The lowest BCUT2D eigenvalue weighted by Crippen LogP contribution is -2.44. The summed E-state index contributed by atoms with van der Waals surface area (Å²) in [7, 11) is 0. The number of amides is 2. The molecule has 2 rings (SSSR count). The Hall–Kier alpha value is -1.98. The third kappa shape index (κ3) is 4.02. The molecule has 7 heteroatoms. The first-order valence-electron chi connectivity index (χ1n) is 6.54. The molecule has 1 heterocycles. The predicted octanol–water partition coefficient (Wildman–Crippen LogP) is 3.02. The van der Waals surface area contributed by atoms with E-state index in [1.807, 2.05) is 0 Å². The summed E-state index contributed by atoms with van der Waals surface area (Å²) in [6, 6.07) is 7.49. The van der Waals surface area contributed by atoms with Gasteiger partial charge in [0.1, 0.15) is 11.8 Å². The van der Waals surface area contributed by atoms with E-state index < -0.39 is 11.9 Å². The highest BCUT2D eigenvalue weighted by molar-refractivity contribution is 6.43. The van der Waals surface area contributed by atoms with Crippen LogP contribution in [0.3, 0.4) is 0 Å². The van der Waals surface area contributed by atoms with E-state index in [4.69, 9.17) is 27.6 Å². The maximum atomic E-state index is 12.1. The monoisotopic (exact) mass is 340 g/mol. The van der Waals surface area contributed by atoms with Gasteiger partial charge in [-0.25, -0.2) is 0 Å². The average Bonchev–Trinajstić information content (AvgIpc) is 3.00. The van der Waals surface area contributed by atoms with Gasteiger partial charge in [0.05, 0.1) is 28.4 Å². The Bertz CT molecular complexity index is 671. The molecule has 0 aliphatic rings. The number of benzene rings is 1. The number of nitrogens with one attached hydrogen (secondary N) is 2. The first kappa shape index (κ1) is 16.4. The molecule has 1 aromatic carbocycles. The van der Waals surface area contributed by atoms with Gasteiger partial charge in [0.15, 0.2) is 0 Å². The van der Waals surface area contributed by atoms with E-state index in [9.17, 15) is 9.59 Å². The molecule has 0 saturated carbocycles. The second-order valence-corrected chi connectivity index (χ2v) is 5.38. The van der Waals surface area contributed by atoms with Crippen molar-refractivity contribution in [3.8, 4) is 0 Å². The molecule has 116 valence electrons. The lowest BCUT2D eigenvalue weighted by molar-refractivity contribution is -0.122. The van der Waals surface area contributed by atoms with Crippen LogP contribution in [0.5, 0.6) is 0 Å². The van der Waals surface area contributed by atoms with Crippen LogP contribution in [0.2, 0.25) is 10.0 Å². The lowest BCUT2D eigenvalue weighted by atomic mass is 10.2. The van der Waals surface area contributed by atoms with E-state index >= 15 is 0 Å². The zero-order valence-corrected chi connectivity index (χ0v) is 13.2. The maximum absolute atomic E-state index is 12.1. The molecule has 22 heavy (non-hydrogen) atoms. The average molecular weight is 341 g/mol. The van der Waals surface area contributed by atoms with E-state index in [1.54, 1.807) is 31.2 Å². The van der Waals surface area contributed by atoms with E-state index in [2.05, 4.69) is 10.6 Å². The van der Waals surface area contributed by atoms with E-state index in [0.29, 0.717) is 5.76 Å². The van der Waals surface area contributed by atoms with Gasteiger partial charge in [-0.1, -0.05) is 29.3 Å². The van der Waals surface area contributed by atoms with Gasteiger partial charge in [-0.2, -0.15) is 0 Å². The van der Waals surface area contributed by atoms with Gasteiger partial charge in [0.25, 0.3) is 5.91 Å². The molecule has 2 amide bonds. The van der Waals surface area contributed by atoms with Crippen LogP contribution >= 0.6 is 23.2 Å². The minimum absolute atomic E-state index is 0.157. The summed E-state index contributed by atoms with van der Waals surface area (Å²) in [4.78, 5) is 24.0. The predicted molar refractivity (Wildman–Crippen MR) is 83.9 cm³/mol. The van der Waals surface area contributed by atoms with Gasteiger partial charge in [-0.3, -0.25) is 9.59 Å². The number of hydrogen-bond acceptors (Lipinski definition) is 3. The summed E-state index contributed by atoms with van der Waals surface area (Å²) in [5.41, 5.74) is 0.222. The molecule has 1 aromatic heterocycles. The van der Waals surface area contributed by atoms with E-state index in [0.717, 1.165) is 0 Å². The molecule has 0 fully saturated rings. The van der Waals surface area contributed by atoms with Crippen molar-refractivity contribution < 1.29 is 14.0 Å². The molecule has 0 saturated heterocycles. The SMILES string of the molecule is CC(NC(=O)c1cccc(Cl)c1Cl)C(=O)NCc1ccco1. The smallest absolute Gasteiger partial charge is 0.253 e. The fourth-order valence-corrected chi connectivity index (χ4v) is 2.15. The highest BCUT2D eigenvalue weighted by Crippen LogP contribution is 2.25. The van der Waals surface area contributed by atoms with Crippen LogP contribution in [-0.4, -0.2) is 17.9 Å². The lowest BCUT2D eigenvalue weighted by Gasteiger charge is -2.14. The van der Waals surface area contributed by atoms with Crippen molar-refractivity contribution in [3.63, 3.8) is 0 Å².